The number of hydrogen-bond donors (Lipinski definition) is 1. The van der Waals surface area contributed by atoms with Gasteiger partial charge in [0.15, 0.2) is 0 Å². The van der Waals surface area contributed by atoms with Crippen LogP contribution in [-0.4, -0.2) is 5.91 Å². The van der Waals surface area contributed by atoms with Gasteiger partial charge in [0.25, 0.3) is 0 Å². The predicted molar refractivity (Wildman–Crippen MR) is 85.1 cm³/mol. The summed E-state index contributed by atoms with van der Waals surface area (Å²) in [5.41, 5.74) is 5.15. The van der Waals surface area contributed by atoms with Crippen LogP contribution in [0.3, 0.4) is 0 Å². The monoisotopic (exact) mass is 279 g/mol. The summed E-state index contributed by atoms with van der Waals surface area (Å²) in [6.07, 6.45) is 3.46. The van der Waals surface area contributed by atoms with E-state index in [4.69, 9.17) is 0 Å². The SMILES string of the molecule is Cc1ccc(CCC(=O)N[C@H]2CCc3ccccc32)cc1. The maximum absolute atomic E-state index is 12.1. The molecule has 0 spiro atoms. The first-order valence-corrected chi connectivity index (χ1v) is 7.65. The van der Waals surface area contributed by atoms with E-state index < -0.39 is 0 Å². The molecule has 1 aliphatic carbocycles. The molecule has 0 saturated carbocycles. The zero-order chi connectivity index (χ0) is 14.7. The van der Waals surface area contributed by atoms with E-state index >= 15 is 0 Å². The molecule has 1 aliphatic rings. The fourth-order valence-corrected chi connectivity index (χ4v) is 2.99. The van der Waals surface area contributed by atoms with Crippen LogP contribution in [0.15, 0.2) is 48.5 Å². The largest absolute Gasteiger partial charge is 0.349 e. The van der Waals surface area contributed by atoms with Crippen molar-refractivity contribution in [1.29, 1.82) is 0 Å². The topological polar surface area (TPSA) is 29.1 Å². The van der Waals surface area contributed by atoms with Crippen LogP contribution in [0, 0.1) is 6.92 Å². The third kappa shape index (κ3) is 3.33. The van der Waals surface area contributed by atoms with Crippen LogP contribution in [0.1, 0.15) is 41.1 Å². The van der Waals surface area contributed by atoms with Crippen molar-refractivity contribution in [3.05, 3.63) is 70.8 Å². The van der Waals surface area contributed by atoms with Crippen LogP contribution in [0.2, 0.25) is 0 Å². The van der Waals surface area contributed by atoms with Gasteiger partial charge in [0.1, 0.15) is 0 Å². The lowest BCUT2D eigenvalue weighted by Gasteiger charge is -2.14. The highest BCUT2D eigenvalue weighted by atomic mass is 16.1. The second kappa shape index (κ2) is 6.13. The molecule has 3 rings (SSSR count). The average Bonchev–Trinajstić information content (AvgIpc) is 2.90. The van der Waals surface area contributed by atoms with Gasteiger partial charge in [-0.1, -0.05) is 54.1 Å². The Balaban J connectivity index is 1.54. The molecule has 1 atom stereocenters. The Morgan fingerprint density at radius 2 is 1.90 bits per heavy atom. The van der Waals surface area contributed by atoms with Crippen LogP contribution in [-0.2, 0) is 17.6 Å². The Morgan fingerprint density at radius 1 is 1.14 bits per heavy atom. The number of benzene rings is 2. The third-order valence-corrected chi connectivity index (χ3v) is 4.23. The third-order valence-electron chi connectivity index (χ3n) is 4.23. The smallest absolute Gasteiger partial charge is 0.220 e. The van der Waals surface area contributed by atoms with E-state index in [1.807, 2.05) is 0 Å². The summed E-state index contributed by atoms with van der Waals surface area (Å²) in [6.45, 7) is 2.08. The van der Waals surface area contributed by atoms with Crippen molar-refractivity contribution in [3.63, 3.8) is 0 Å². The summed E-state index contributed by atoms with van der Waals surface area (Å²) < 4.78 is 0. The van der Waals surface area contributed by atoms with Gasteiger partial charge in [-0.3, -0.25) is 4.79 Å². The number of carbonyl (C=O) groups excluding carboxylic acids is 1. The Kier molecular flexibility index (Phi) is 4.05. The number of carbonyl (C=O) groups is 1. The molecular formula is C19H21NO. The van der Waals surface area contributed by atoms with Crippen molar-refractivity contribution in [2.75, 3.05) is 0 Å². The van der Waals surface area contributed by atoms with E-state index in [0.29, 0.717) is 6.42 Å². The molecule has 0 fully saturated rings. The minimum atomic E-state index is 0.150. The number of rotatable bonds is 4. The van der Waals surface area contributed by atoms with Gasteiger partial charge in [-0.05, 0) is 42.9 Å². The fourth-order valence-electron chi connectivity index (χ4n) is 2.99. The van der Waals surface area contributed by atoms with Crippen molar-refractivity contribution in [1.82, 2.24) is 5.32 Å². The van der Waals surface area contributed by atoms with Crippen molar-refractivity contribution in [2.24, 2.45) is 0 Å². The molecule has 2 heteroatoms. The molecule has 0 radical (unpaired) electrons. The molecular weight excluding hydrogens is 258 g/mol. The second-order valence-electron chi connectivity index (χ2n) is 5.84. The van der Waals surface area contributed by atoms with Gasteiger partial charge in [-0.25, -0.2) is 0 Å². The summed E-state index contributed by atoms with van der Waals surface area (Å²) in [5.74, 6) is 0.150. The average molecular weight is 279 g/mol. The highest BCUT2D eigenvalue weighted by molar-refractivity contribution is 5.77. The molecule has 21 heavy (non-hydrogen) atoms. The Labute approximate surface area is 126 Å². The van der Waals surface area contributed by atoms with Gasteiger partial charge in [0.2, 0.25) is 5.91 Å². The molecule has 0 bridgehead atoms. The van der Waals surface area contributed by atoms with Crippen LogP contribution in [0.25, 0.3) is 0 Å². The zero-order valence-corrected chi connectivity index (χ0v) is 12.4. The van der Waals surface area contributed by atoms with E-state index in [9.17, 15) is 4.79 Å². The highest BCUT2D eigenvalue weighted by Gasteiger charge is 2.22. The van der Waals surface area contributed by atoms with Gasteiger partial charge in [0, 0.05) is 6.42 Å². The van der Waals surface area contributed by atoms with Gasteiger partial charge in [-0.15, -0.1) is 0 Å². The molecule has 1 amide bonds. The second-order valence-corrected chi connectivity index (χ2v) is 5.84. The molecule has 0 aliphatic heterocycles. The lowest BCUT2D eigenvalue weighted by molar-refractivity contribution is -0.121. The first-order chi connectivity index (χ1) is 10.2. The lowest BCUT2D eigenvalue weighted by Crippen LogP contribution is -2.27. The molecule has 1 N–H and O–H groups in total. The maximum atomic E-state index is 12.1. The van der Waals surface area contributed by atoms with E-state index in [0.717, 1.165) is 19.3 Å². The van der Waals surface area contributed by atoms with Gasteiger partial charge in [0.05, 0.1) is 6.04 Å². The quantitative estimate of drug-likeness (QED) is 0.907. The van der Waals surface area contributed by atoms with E-state index in [1.54, 1.807) is 0 Å². The summed E-state index contributed by atoms with van der Waals surface area (Å²) in [7, 11) is 0. The number of hydrogen-bond acceptors (Lipinski definition) is 1. The standard InChI is InChI=1S/C19H21NO/c1-14-6-8-15(9-7-14)10-13-19(21)20-18-12-11-16-4-2-3-5-17(16)18/h2-9,18H,10-13H2,1H3,(H,20,21)/t18-/m0/s1. The summed E-state index contributed by atoms with van der Waals surface area (Å²) in [4.78, 5) is 12.1. The summed E-state index contributed by atoms with van der Waals surface area (Å²) in [5, 5.41) is 3.18. The van der Waals surface area contributed by atoms with Crippen LogP contribution in [0.5, 0.6) is 0 Å². The molecule has 0 saturated heterocycles. The molecule has 2 aromatic rings. The zero-order valence-electron chi connectivity index (χ0n) is 12.4. The molecule has 0 heterocycles. The van der Waals surface area contributed by atoms with Crippen molar-refractivity contribution in [3.8, 4) is 0 Å². The Hall–Kier alpha value is -2.09. The molecule has 0 aromatic heterocycles. The van der Waals surface area contributed by atoms with Crippen molar-refractivity contribution in [2.45, 2.75) is 38.6 Å². The van der Waals surface area contributed by atoms with Crippen molar-refractivity contribution < 1.29 is 4.79 Å². The number of fused-ring (bicyclic) bond motifs is 1. The molecule has 108 valence electrons. The minimum Gasteiger partial charge on any atom is -0.349 e. The van der Waals surface area contributed by atoms with Gasteiger partial charge >= 0.3 is 0 Å². The number of nitrogens with one attached hydrogen (secondary N) is 1. The van der Waals surface area contributed by atoms with Crippen LogP contribution >= 0.6 is 0 Å². The Bertz CT molecular complexity index is 630. The molecule has 2 aromatic carbocycles. The lowest BCUT2D eigenvalue weighted by atomic mass is 10.1. The molecule has 0 unspecified atom stereocenters. The fraction of sp³-hybridized carbons (Fsp3) is 0.316. The predicted octanol–water partition coefficient (Wildman–Crippen LogP) is 3.73. The minimum absolute atomic E-state index is 0.150. The first kappa shape index (κ1) is 13.9. The normalized spacial score (nSPS) is 16.5. The van der Waals surface area contributed by atoms with E-state index in [-0.39, 0.29) is 11.9 Å². The highest BCUT2D eigenvalue weighted by Crippen LogP contribution is 2.30. The van der Waals surface area contributed by atoms with Crippen molar-refractivity contribution >= 4 is 5.91 Å². The number of aryl methyl sites for hydroxylation is 3. The summed E-state index contributed by atoms with van der Waals surface area (Å²) in [6, 6.07) is 17.0. The van der Waals surface area contributed by atoms with Gasteiger partial charge in [-0.2, -0.15) is 0 Å². The molecule has 2 nitrogen and oxygen atoms in total. The van der Waals surface area contributed by atoms with E-state index in [2.05, 4.69) is 60.8 Å². The van der Waals surface area contributed by atoms with E-state index in [1.165, 1.54) is 22.3 Å². The first-order valence-electron chi connectivity index (χ1n) is 7.65. The summed E-state index contributed by atoms with van der Waals surface area (Å²) >= 11 is 0. The van der Waals surface area contributed by atoms with Crippen LogP contribution < -0.4 is 5.32 Å². The van der Waals surface area contributed by atoms with Gasteiger partial charge < -0.3 is 5.32 Å². The Morgan fingerprint density at radius 3 is 2.71 bits per heavy atom. The van der Waals surface area contributed by atoms with Crippen LogP contribution in [0.4, 0.5) is 0 Å². The maximum Gasteiger partial charge on any atom is 0.220 e. The number of amides is 1.